The summed E-state index contributed by atoms with van der Waals surface area (Å²) in [6.45, 7) is 6.82. The van der Waals surface area contributed by atoms with Gasteiger partial charge in [-0.2, -0.15) is 0 Å². The largest absolute Gasteiger partial charge is 0.384 e. The van der Waals surface area contributed by atoms with Crippen molar-refractivity contribution in [2.45, 2.75) is 64.0 Å². The van der Waals surface area contributed by atoms with Gasteiger partial charge in [0.25, 0.3) is 0 Å². The van der Waals surface area contributed by atoms with E-state index >= 15 is 0 Å². The van der Waals surface area contributed by atoms with E-state index in [0.29, 0.717) is 39.0 Å². The van der Waals surface area contributed by atoms with E-state index in [0.717, 1.165) is 0 Å². The zero-order chi connectivity index (χ0) is 24.6. The van der Waals surface area contributed by atoms with Crippen molar-refractivity contribution in [1.82, 2.24) is 20.6 Å². The number of imide groups is 1. The molecule has 1 fully saturated rings. The second kappa shape index (κ2) is 9.37. The van der Waals surface area contributed by atoms with Crippen LogP contribution >= 0.6 is 23.2 Å². The number of benzene rings is 1. The molecule has 1 aromatic carbocycles. The van der Waals surface area contributed by atoms with Crippen molar-refractivity contribution in [3.63, 3.8) is 0 Å². The molecule has 33 heavy (non-hydrogen) atoms. The number of carbonyl (C=O) groups is 3. The monoisotopic (exact) mass is 492 g/mol. The normalized spacial score (nSPS) is 17.0. The summed E-state index contributed by atoms with van der Waals surface area (Å²) in [5.74, 6) is -1.62. The lowest BCUT2D eigenvalue weighted by Crippen LogP contribution is -2.40. The fourth-order valence-corrected chi connectivity index (χ4v) is 4.32. The third-order valence-electron chi connectivity index (χ3n) is 5.67. The lowest BCUT2D eigenvalue weighted by atomic mass is 9.88. The Morgan fingerprint density at radius 3 is 2.21 bits per heavy atom. The molecule has 0 spiro atoms. The first-order valence-electron chi connectivity index (χ1n) is 10.5. The number of rotatable bonds is 6. The predicted molar refractivity (Wildman–Crippen MR) is 124 cm³/mol. The van der Waals surface area contributed by atoms with Crippen LogP contribution in [0.5, 0.6) is 0 Å². The highest BCUT2D eigenvalue weighted by Crippen LogP contribution is 2.37. The highest BCUT2D eigenvalue weighted by molar-refractivity contribution is 6.36. The summed E-state index contributed by atoms with van der Waals surface area (Å²) in [4.78, 5) is 45.0. The Morgan fingerprint density at radius 2 is 1.70 bits per heavy atom. The molecule has 0 saturated carbocycles. The minimum absolute atomic E-state index is 0.159. The Hall–Kier alpha value is -2.55. The van der Waals surface area contributed by atoms with E-state index in [4.69, 9.17) is 23.2 Å². The van der Waals surface area contributed by atoms with Crippen molar-refractivity contribution in [2.24, 2.45) is 0 Å². The predicted octanol–water partition coefficient (Wildman–Crippen LogP) is 3.13. The van der Waals surface area contributed by atoms with Crippen molar-refractivity contribution in [3.8, 4) is 0 Å². The van der Waals surface area contributed by atoms with E-state index in [2.05, 4.69) is 20.6 Å². The average molecular weight is 493 g/mol. The molecule has 3 amide bonds. The van der Waals surface area contributed by atoms with Gasteiger partial charge in [-0.05, 0) is 51.8 Å². The number of halogens is 2. The molecule has 1 saturated heterocycles. The van der Waals surface area contributed by atoms with Crippen molar-refractivity contribution in [2.75, 3.05) is 0 Å². The summed E-state index contributed by atoms with van der Waals surface area (Å²) >= 11 is 12.8. The maximum Gasteiger partial charge on any atom is 0.234 e. The zero-order valence-corrected chi connectivity index (χ0v) is 20.3. The molecule has 1 aromatic heterocycles. The van der Waals surface area contributed by atoms with Gasteiger partial charge in [0.15, 0.2) is 0 Å². The summed E-state index contributed by atoms with van der Waals surface area (Å²) in [7, 11) is 0. The molecule has 1 aliphatic rings. The molecule has 0 aliphatic carbocycles. The van der Waals surface area contributed by atoms with Gasteiger partial charge >= 0.3 is 0 Å². The number of hydrogen-bond acceptors (Lipinski definition) is 6. The molecule has 0 radical (unpaired) electrons. The summed E-state index contributed by atoms with van der Waals surface area (Å²) in [6, 6.07) is 3.30. The van der Waals surface area contributed by atoms with E-state index in [9.17, 15) is 19.5 Å². The quantitative estimate of drug-likeness (QED) is 0.532. The molecule has 1 aliphatic heterocycles. The summed E-state index contributed by atoms with van der Waals surface area (Å²) < 4.78 is 0. The molecule has 1 unspecified atom stereocenters. The van der Waals surface area contributed by atoms with E-state index in [1.54, 1.807) is 39.8 Å². The molecule has 3 rings (SSSR count). The first-order valence-corrected chi connectivity index (χ1v) is 11.2. The number of aromatic nitrogens is 2. The van der Waals surface area contributed by atoms with Gasteiger partial charge in [-0.15, -0.1) is 0 Å². The topological polar surface area (TPSA) is 121 Å². The molecular formula is C23H26Cl2N4O4. The number of piperidine rings is 1. The molecule has 10 heteroatoms. The Morgan fingerprint density at radius 1 is 1.12 bits per heavy atom. The third kappa shape index (κ3) is 5.51. The number of hydrogen-bond donors (Lipinski definition) is 3. The molecule has 1 atom stereocenters. The maximum atomic E-state index is 12.9. The van der Waals surface area contributed by atoms with Crippen molar-refractivity contribution >= 4 is 40.9 Å². The molecule has 2 heterocycles. The van der Waals surface area contributed by atoms with Crippen LogP contribution in [0.25, 0.3) is 0 Å². The van der Waals surface area contributed by atoms with Crippen LogP contribution in [0, 0.1) is 0 Å². The Balaban J connectivity index is 1.72. The van der Waals surface area contributed by atoms with E-state index in [1.807, 2.05) is 0 Å². The Bertz CT molecular complexity index is 1070. The number of nitrogens with one attached hydrogen (secondary N) is 2. The summed E-state index contributed by atoms with van der Waals surface area (Å²) in [5.41, 5.74) is -0.114. The van der Waals surface area contributed by atoms with E-state index in [-0.39, 0.29) is 24.8 Å². The Kier molecular flexibility index (Phi) is 7.12. The lowest BCUT2D eigenvalue weighted by Gasteiger charge is -2.25. The van der Waals surface area contributed by atoms with Crippen molar-refractivity contribution < 1.29 is 19.5 Å². The molecule has 0 bridgehead atoms. The fraction of sp³-hybridized carbons (Fsp3) is 0.435. The van der Waals surface area contributed by atoms with E-state index in [1.165, 1.54) is 12.4 Å². The van der Waals surface area contributed by atoms with Gasteiger partial charge in [-0.3, -0.25) is 29.7 Å². The second-order valence-electron chi connectivity index (χ2n) is 9.13. The Labute approximate surface area is 202 Å². The molecule has 2 aromatic rings. The van der Waals surface area contributed by atoms with Crippen LogP contribution in [0.15, 0.2) is 24.5 Å². The number of nitrogens with zero attached hydrogens (tertiary/aromatic N) is 2. The second-order valence-corrected chi connectivity index (χ2v) is 9.94. The number of aliphatic hydroxyl groups is 1. The fourth-order valence-electron chi connectivity index (χ4n) is 3.53. The van der Waals surface area contributed by atoms with Crippen LogP contribution in [0.4, 0.5) is 0 Å². The van der Waals surface area contributed by atoms with Gasteiger partial charge in [0.2, 0.25) is 17.7 Å². The third-order valence-corrected chi connectivity index (χ3v) is 6.29. The minimum atomic E-state index is -1.13. The van der Waals surface area contributed by atoms with Gasteiger partial charge in [-0.1, -0.05) is 23.2 Å². The summed E-state index contributed by atoms with van der Waals surface area (Å²) in [6.07, 6.45) is 3.49. The summed E-state index contributed by atoms with van der Waals surface area (Å²) in [5, 5.41) is 15.8. The number of carbonyl (C=O) groups excluding carboxylic acids is 3. The highest BCUT2D eigenvalue weighted by Gasteiger charge is 2.33. The lowest BCUT2D eigenvalue weighted by molar-refractivity contribution is -0.134. The number of amides is 3. The minimum Gasteiger partial charge on any atom is -0.384 e. The first kappa shape index (κ1) is 25.1. The van der Waals surface area contributed by atoms with Crippen LogP contribution in [0.1, 0.15) is 69.0 Å². The van der Waals surface area contributed by atoms with E-state index < -0.39 is 22.8 Å². The van der Waals surface area contributed by atoms with Crippen LogP contribution in [-0.4, -0.2) is 32.8 Å². The van der Waals surface area contributed by atoms with Gasteiger partial charge in [0, 0.05) is 34.8 Å². The average Bonchev–Trinajstić information content (AvgIpc) is 2.72. The standard InChI is InChI=1S/C23H26Cl2N4O4/c1-22(2,16-10-27-17(11-26-16)23(3,4)33)21(32)28-9-12-7-14(24)19(15(25)8-12)13-5-6-18(30)29-20(13)31/h7-8,10-11,13,33H,5-6,9H2,1-4H3,(H,28,32)(H,29,30,31). The molecule has 176 valence electrons. The van der Waals surface area contributed by atoms with Gasteiger partial charge < -0.3 is 10.4 Å². The molecule has 3 N–H and O–H groups in total. The van der Waals surface area contributed by atoms with Crippen LogP contribution < -0.4 is 10.6 Å². The van der Waals surface area contributed by atoms with Crippen molar-refractivity contribution in [3.05, 3.63) is 57.1 Å². The van der Waals surface area contributed by atoms with Gasteiger partial charge in [0.05, 0.1) is 28.9 Å². The zero-order valence-electron chi connectivity index (χ0n) is 18.8. The first-order chi connectivity index (χ1) is 15.3. The van der Waals surface area contributed by atoms with Crippen LogP contribution in [-0.2, 0) is 31.9 Å². The molecular weight excluding hydrogens is 467 g/mol. The smallest absolute Gasteiger partial charge is 0.234 e. The SMILES string of the molecule is CC(C)(O)c1cnc(C(C)(C)C(=O)NCc2cc(Cl)c(C3CCC(=O)NC3=O)c(Cl)c2)cn1. The molecule has 8 nitrogen and oxygen atoms in total. The van der Waals surface area contributed by atoms with Crippen LogP contribution in [0.2, 0.25) is 10.0 Å². The maximum absolute atomic E-state index is 12.9. The van der Waals surface area contributed by atoms with Gasteiger partial charge in [0.1, 0.15) is 5.60 Å². The highest BCUT2D eigenvalue weighted by atomic mass is 35.5. The van der Waals surface area contributed by atoms with Gasteiger partial charge in [-0.25, -0.2) is 0 Å². The van der Waals surface area contributed by atoms with Crippen LogP contribution in [0.3, 0.4) is 0 Å². The van der Waals surface area contributed by atoms with Crippen molar-refractivity contribution in [1.29, 1.82) is 0 Å².